The lowest BCUT2D eigenvalue weighted by atomic mass is 9.87. The zero-order valence-corrected chi connectivity index (χ0v) is 25.9. The van der Waals surface area contributed by atoms with Gasteiger partial charge in [0, 0.05) is 25.1 Å². The molecular formula is C32H40N2O10. The summed E-state index contributed by atoms with van der Waals surface area (Å²) in [6.07, 6.45) is 1.32. The fourth-order valence-electron chi connectivity index (χ4n) is 4.77. The van der Waals surface area contributed by atoms with Crippen molar-refractivity contribution < 1.29 is 43.1 Å². The topological polar surface area (TPSA) is 155 Å². The third kappa shape index (κ3) is 7.94. The molecule has 0 saturated heterocycles. The maximum absolute atomic E-state index is 13.3. The number of amides is 1. The summed E-state index contributed by atoms with van der Waals surface area (Å²) in [6.45, 7) is 6.73. The van der Waals surface area contributed by atoms with E-state index in [1.165, 1.54) is 21.3 Å². The third-order valence-electron chi connectivity index (χ3n) is 6.77. The molecule has 0 bridgehead atoms. The standard InChI is InChI=1S/C32H40N2O10/c1-7-42-23-11-10-19(14-24(23)43-8-2)12-13-33-27(35)17-21(20-15-25(39-4)30(41-6)26(16-20)40-5)28-29(36)22(18-34-31(28)37)32(38)44-9-3/h10-11,14-16,18,21H,7-9,12-13,17H2,1-6H3,(H,33,35)(H2,34,36,37)/t21-/m1/s1. The van der Waals surface area contributed by atoms with E-state index < -0.39 is 29.1 Å². The first-order valence-electron chi connectivity index (χ1n) is 14.3. The average Bonchev–Trinajstić information content (AvgIpc) is 3.01. The first-order valence-corrected chi connectivity index (χ1v) is 14.3. The predicted molar refractivity (Wildman–Crippen MR) is 163 cm³/mol. The minimum atomic E-state index is -1.02. The monoisotopic (exact) mass is 612 g/mol. The molecule has 3 N–H and O–H groups in total. The normalized spacial score (nSPS) is 11.3. The lowest BCUT2D eigenvalue weighted by Crippen LogP contribution is -2.29. The van der Waals surface area contributed by atoms with Crippen LogP contribution in [0.3, 0.4) is 0 Å². The number of aromatic nitrogens is 1. The van der Waals surface area contributed by atoms with Crippen molar-refractivity contribution in [2.75, 3.05) is 47.7 Å². The van der Waals surface area contributed by atoms with Crippen LogP contribution in [-0.4, -0.2) is 69.7 Å². The summed E-state index contributed by atoms with van der Waals surface area (Å²) in [5, 5.41) is 14.0. The Morgan fingerprint density at radius 3 is 2.14 bits per heavy atom. The maximum atomic E-state index is 13.3. The van der Waals surface area contributed by atoms with E-state index in [0.717, 1.165) is 11.8 Å². The van der Waals surface area contributed by atoms with Crippen LogP contribution in [0.25, 0.3) is 0 Å². The number of pyridine rings is 1. The van der Waals surface area contributed by atoms with Gasteiger partial charge in [0.2, 0.25) is 11.7 Å². The number of methoxy groups -OCH3 is 3. The van der Waals surface area contributed by atoms with E-state index in [-0.39, 0.29) is 42.2 Å². The largest absolute Gasteiger partial charge is 0.506 e. The second-order valence-electron chi connectivity index (χ2n) is 9.48. The van der Waals surface area contributed by atoms with Crippen LogP contribution < -0.4 is 34.6 Å². The predicted octanol–water partition coefficient (Wildman–Crippen LogP) is 3.96. The smallest absolute Gasteiger partial charge is 0.343 e. The average molecular weight is 613 g/mol. The first-order chi connectivity index (χ1) is 21.2. The molecule has 2 aromatic carbocycles. The van der Waals surface area contributed by atoms with Crippen molar-refractivity contribution in [3.8, 4) is 34.5 Å². The second-order valence-corrected chi connectivity index (χ2v) is 9.48. The highest BCUT2D eigenvalue weighted by Gasteiger charge is 2.30. The van der Waals surface area contributed by atoms with Crippen molar-refractivity contribution in [1.82, 2.24) is 10.3 Å². The Balaban J connectivity index is 1.96. The summed E-state index contributed by atoms with van der Waals surface area (Å²) < 4.78 is 32.7. The van der Waals surface area contributed by atoms with Crippen LogP contribution in [0.15, 0.2) is 41.3 Å². The molecule has 1 amide bonds. The molecule has 0 aliphatic carbocycles. The highest BCUT2D eigenvalue weighted by Crippen LogP contribution is 2.43. The summed E-state index contributed by atoms with van der Waals surface area (Å²) in [7, 11) is 4.32. The van der Waals surface area contributed by atoms with E-state index in [4.69, 9.17) is 28.4 Å². The Morgan fingerprint density at radius 2 is 1.55 bits per heavy atom. The minimum Gasteiger partial charge on any atom is -0.506 e. The van der Waals surface area contributed by atoms with Crippen LogP contribution in [0.2, 0.25) is 0 Å². The van der Waals surface area contributed by atoms with Gasteiger partial charge in [0.05, 0.1) is 46.7 Å². The summed E-state index contributed by atoms with van der Waals surface area (Å²) in [4.78, 5) is 41.5. The Bertz CT molecular complexity index is 1480. The number of H-pyrrole nitrogens is 1. The fraction of sp³-hybridized carbons (Fsp3) is 0.406. The lowest BCUT2D eigenvalue weighted by Gasteiger charge is -2.22. The molecule has 3 aromatic rings. The summed E-state index contributed by atoms with van der Waals surface area (Å²) in [5.74, 6) is -0.689. The van der Waals surface area contributed by atoms with Gasteiger partial charge in [-0.15, -0.1) is 0 Å². The molecule has 1 atom stereocenters. The van der Waals surface area contributed by atoms with Crippen molar-refractivity contribution >= 4 is 11.9 Å². The number of aromatic amines is 1. The maximum Gasteiger partial charge on any atom is 0.343 e. The Labute approximate surface area is 256 Å². The quantitative estimate of drug-likeness (QED) is 0.203. The number of nitrogens with one attached hydrogen (secondary N) is 2. The second kappa shape index (κ2) is 16.1. The molecule has 0 aliphatic rings. The van der Waals surface area contributed by atoms with Crippen LogP contribution in [0.1, 0.15) is 60.2 Å². The highest BCUT2D eigenvalue weighted by molar-refractivity contribution is 5.92. The van der Waals surface area contributed by atoms with Crippen LogP contribution >= 0.6 is 0 Å². The number of esters is 1. The molecule has 0 radical (unpaired) electrons. The Hall–Kier alpha value is -4.87. The van der Waals surface area contributed by atoms with Gasteiger partial charge in [0.1, 0.15) is 11.3 Å². The number of aromatic hydroxyl groups is 1. The van der Waals surface area contributed by atoms with E-state index in [9.17, 15) is 19.5 Å². The molecule has 3 rings (SSSR count). The van der Waals surface area contributed by atoms with E-state index in [2.05, 4.69) is 10.3 Å². The van der Waals surface area contributed by atoms with Crippen molar-refractivity contribution in [2.45, 2.75) is 39.5 Å². The zero-order valence-electron chi connectivity index (χ0n) is 25.9. The molecule has 238 valence electrons. The van der Waals surface area contributed by atoms with Crippen LogP contribution in [-0.2, 0) is 16.0 Å². The van der Waals surface area contributed by atoms with Crippen LogP contribution in [0, 0.1) is 0 Å². The molecule has 0 spiro atoms. The van der Waals surface area contributed by atoms with Gasteiger partial charge in [-0.2, -0.15) is 0 Å². The number of carbonyl (C=O) groups excluding carboxylic acids is 2. The first kappa shape index (κ1) is 33.6. The Kier molecular flexibility index (Phi) is 12.3. The number of hydrogen-bond donors (Lipinski definition) is 3. The summed E-state index contributed by atoms with van der Waals surface area (Å²) in [5.41, 5.74) is 0.228. The Morgan fingerprint density at radius 1 is 0.886 bits per heavy atom. The van der Waals surface area contributed by atoms with Crippen molar-refractivity contribution in [3.05, 3.63) is 69.1 Å². The van der Waals surface area contributed by atoms with E-state index >= 15 is 0 Å². The van der Waals surface area contributed by atoms with E-state index in [0.29, 0.717) is 42.4 Å². The molecule has 0 saturated carbocycles. The molecule has 1 heterocycles. The molecule has 0 aliphatic heterocycles. The van der Waals surface area contributed by atoms with E-state index in [1.807, 2.05) is 32.0 Å². The molecule has 12 heteroatoms. The molecule has 44 heavy (non-hydrogen) atoms. The molecule has 12 nitrogen and oxygen atoms in total. The van der Waals surface area contributed by atoms with E-state index in [1.54, 1.807) is 19.1 Å². The summed E-state index contributed by atoms with van der Waals surface area (Å²) >= 11 is 0. The number of benzene rings is 2. The zero-order chi connectivity index (χ0) is 32.2. The van der Waals surface area contributed by atoms with Gasteiger partial charge in [-0.3, -0.25) is 9.59 Å². The van der Waals surface area contributed by atoms with Crippen LogP contribution in [0.4, 0.5) is 0 Å². The third-order valence-corrected chi connectivity index (χ3v) is 6.77. The SMILES string of the molecule is CCOC(=O)c1c[nH]c(=O)c([C@H](CC(=O)NCCc2ccc(OCC)c(OCC)c2)c2cc(OC)c(OC)c(OC)c2)c1O. The lowest BCUT2D eigenvalue weighted by molar-refractivity contribution is -0.121. The number of carbonyl (C=O) groups is 2. The van der Waals surface area contributed by atoms with Gasteiger partial charge in [-0.25, -0.2) is 4.79 Å². The van der Waals surface area contributed by atoms with Gasteiger partial charge < -0.3 is 43.8 Å². The van der Waals surface area contributed by atoms with Crippen molar-refractivity contribution in [2.24, 2.45) is 0 Å². The van der Waals surface area contributed by atoms with Gasteiger partial charge in [-0.1, -0.05) is 6.07 Å². The molecule has 0 fully saturated rings. The van der Waals surface area contributed by atoms with Crippen molar-refractivity contribution in [3.63, 3.8) is 0 Å². The van der Waals surface area contributed by atoms with Crippen LogP contribution in [0.5, 0.6) is 34.5 Å². The number of ether oxygens (including phenoxy) is 6. The van der Waals surface area contributed by atoms with Gasteiger partial charge >= 0.3 is 5.97 Å². The van der Waals surface area contributed by atoms with Gasteiger partial charge in [-0.05, 0) is 62.6 Å². The minimum absolute atomic E-state index is 0.0614. The highest BCUT2D eigenvalue weighted by atomic mass is 16.5. The number of rotatable bonds is 16. The molecule has 0 unspecified atom stereocenters. The van der Waals surface area contributed by atoms with Crippen molar-refractivity contribution in [1.29, 1.82) is 0 Å². The molecular weight excluding hydrogens is 572 g/mol. The van der Waals surface area contributed by atoms with Gasteiger partial charge in [0.25, 0.3) is 5.56 Å². The molecule has 1 aromatic heterocycles. The van der Waals surface area contributed by atoms with Gasteiger partial charge in [0.15, 0.2) is 23.0 Å². The fourth-order valence-corrected chi connectivity index (χ4v) is 4.77. The number of hydrogen-bond acceptors (Lipinski definition) is 10. The summed E-state index contributed by atoms with van der Waals surface area (Å²) in [6, 6.07) is 8.78.